The van der Waals surface area contributed by atoms with Crippen LogP contribution in [0.15, 0.2) is 12.2 Å². The summed E-state index contributed by atoms with van der Waals surface area (Å²) in [6.45, 7) is 7.42. The average Bonchev–Trinajstić information content (AvgIpc) is 2.67. The summed E-state index contributed by atoms with van der Waals surface area (Å²) >= 11 is 0. The largest absolute Gasteiger partial charge is 0.459 e. The summed E-state index contributed by atoms with van der Waals surface area (Å²) in [5.74, 6) is -0.307. The van der Waals surface area contributed by atoms with Crippen LogP contribution in [0, 0.1) is 12.3 Å². The molecule has 0 radical (unpaired) electrons. The van der Waals surface area contributed by atoms with Crippen molar-refractivity contribution in [1.29, 1.82) is 0 Å². The van der Waals surface area contributed by atoms with Crippen LogP contribution in [-0.2, 0) is 47.6 Å². The lowest BCUT2D eigenvalue weighted by atomic mass is 9.98. The Morgan fingerprint density at radius 3 is 1.97 bits per heavy atom. The van der Waals surface area contributed by atoms with Gasteiger partial charge in [-0.3, -0.25) is 14.4 Å². The number of hydrogen-bond acceptors (Lipinski definition) is 10. The monoisotopic (exact) mass is 470 g/mol. The summed E-state index contributed by atoms with van der Waals surface area (Å²) < 4.78 is 32.4. The molecule has 0 bridgehead atoms. The van der Waals surface area contributed by atoms with E-state index in [0.717, 1.165) is 20.8 Å². The SMILES string of the molecule is C#CC[N+](C)(C)CC(=C)C(=O)OC[C@H]1OC(OC)[C@H](OC(C)=O)[C@@H](OC(C)=O)[C@@H]1OC(C)=O. The van der Waals surface area contributed by atoms with Crippen LogP contribution in [0.5, 0.6) is 0 Å². The Morgan fingerprint density at radius 2 is 1.48 bits per heavy atom. The molecule has 184 valence electrons. The van der Waals surface area contributed by atoms with E-state index in [9.17, 15) is 19.2 Å². The standard InChI is InChI=1S/C22H32NO10/c1-9-10-23(6,7)11-13(2)21(27)29-12-17-18(30-14(3)24)19(31-15(4)25)20(32-16(5)26)22(28-8)33-17/h1,17-20,22H,2,10-12H2,3-8H3/q+1/t17-,18-,19+,20-,22?/m1/s1. The third-order valence-corrected chi connectivity index (χ3v) is 4.54. The third kappa shape index (κ3) is 8.84. The highest BCUT2D eigenvalue weighted by molar-refractivity contribution is 5.88. The van der Waals surface area contributed by atoms with Crippen molar-refractivity contribution in [3.63, 3.8) is 0 Å². The fraction of sp³-hybridized carbons (Fsp3) is 0.636. The highest BCUT2D eigenvalue weighted by Crippen LogP contribution is 2.29. The van der Waals surface area contributed by atoms with E-state index in [2.05, 4.69) is 12.5 Å². The van der Waals surface area contributed by atoms with Gasteiger partial charge in [-0.05, 0) is 5.92 Å². The fourth-order valence-corrected chi connectivity index (χ4v) is 3.32. The second kappa shape index (κ2) is 12.3. The molecule has 0 amide bonds. The zero-order chi connectivity index (χ0) is 25.3. The Hall–Kier alpha value is -2.94. The molecule has 11 nitrogen and oxygen atoms in total. The number of methoxy groups -OCH3 is 1. The number of esters is 4. The lowest BCUT2D eigenvalue weighted by Crippen LogP contribution is -2.62. The van der Waals surface area contributed by atoms with Gasteiger partial charge >= 0.3 is 23.9 Å². The van der Waals surface area contributed by atoms with E-state index in [-0.39, 0.29) is 18.7 Å². The van der Waals surface area contributed by atoms with Crippen molar-refractivity contribution in [2.75, 3.05) is 40.9 Å². The minimum atomic E-state index is -1.27. The van der Waals surface area contributed by atoms with Gasteiger partial charge in [-0.25, -0.2) is 4.79 Å². The molecule has 0 spiro atoms. The second-order valence-electron chi connectivity index (χ2n) is 8.16. The highest BCUT2D eigenvalue weighted by atomic mass is 16.7. The van der Waals surface area contributed by atoms with E-state index in [1.165, 1.54) is 7.11 Å². The van der Waals surface area contributed by atoms with Gasteiger partial charge in [-0.1, -0.05) is 6.58 Å². The number of terminal acetylenes is 1. The molecular formula is C22H32NO10+. The summed E-state index contributed by atoms with van der Waals surface area (Å²) in [6, 6.07) is 0. The maximum absolute atomic E-state index is 12.5. The van der Waals surface area contributed by atoms with Crippen molar-refractivity contribution in [3.8, 4) is 12.3 Å². The molecule has 1 saturated heterocycles. The molecule has 0 N–H and O–H groups in total. The first-order chi connectivity index (χ1) is 15.3. The number of quaternary nitrogens is 1. The van der Waals surface area contributed by atoms with Gasteiger partial charge in [-0.15, -0.1) is 6.42 Å². The molecule has 1 aliphatic rings. The number of ether oxygens (including phenoxy) is 6. The molecule has 0 aromatic rings. The van der Waals surface area contributed by atoms with Gasteiger partial charge in [0.05, 0.1) is 19.7 Å². The van der Waals surface area contributed by atoms with E-state index in [0.29, 0.717) is 11.0 Å². The molecule has 33 heavy (non-hydrogen) atoms. The van der Waals surface area contributed by atoms with Crippen LogP contribution in [0.25, 0.3) is 0 Å². The Morgan fingerprint density at radius 1 is 0.970 bits per heavy atom. The van der Waals surface area contributed by atoms with Crippen LogP contribution in [0.2, 0.25) is 0 Å². The molecule has 11 heteroatoms. The van der Waals surface area contributed by atoms with E-state index in [1.807, 2.05) is 14.1 Å². The van der Waals surface area contributed by atoms with Gasteiger partial charge in [0.1, 0.15) is 25.8 Å². The van der Waals surface area contributed by atoms with Crippen molar-refractivity contribution in [2.45, 2.75) is 51.5 Å². The number of hydrogen-bond donors (Lipinski definition) is 0. The Labute approximate surface area is 193 Å². The Bertz CT molecular complexity index is 799. The van der Waals surface area contributed by atoms with Crippen LogP contribution in [0.4, 0.5) is 0 Å². The van der Waals surface area contributed by atoms with Gasteiger partial charge in [0.2, 0.25) is 0 Å². The van der Waals surface area contributed by atoms with Gasteiger partial charge < -0.3 is 32.9 Å². The minimum absolute atomic E-state index is 0.174. The van der Waals surface area contributed by atoms with Gasteiger partial charge in [0.25, 0.3) is 0 Å². The van der Waals surface area contributed by atoms with Crippen molar-refractivity contribution < 1.29 is 52.1 Å². The number of carbonyl (C=O) groups is 4. The summed E-state index contributed by atoms with van der Waals surface area (Å²) in [6.07, 6.45) is -0.701. The molecule has 0 saturated carbocycles. The summed E-state index contributed by atoms with van der Waals surface area (Å²) in [7, 11) is 4.96. The predicted molar refractivity (Wildman–Crippen MR) is 113 cm³/mol. The lowest BCUT2D eigenvalue weighted by Gasteiger charge is -2.43. The van der Waals surface area contributed by atoms with Crippen LogP contribution < -0.4 is 0 Å². The molecule has 1 fully saturated rings. The topological polar surface area (TPSA) is 124 Å². The maximum Gasteiger partial charge on any atom is 0.339 e. The third-order valence-electron chi connectivity index (χ3n) is 4.54. The molecule has 1 heterocycles. The first-order valence-corrected chi connectivity index (χ1v) is 10.1. The van der Waals surface area contributed by atoms with Gasteiger partial charge in [0.15, 0.2) is 24.6 Å². The predicted octanol–water partition coefficient (Wildman–Crippen LogP) is -0.0382. The minimum Gasteiger partial charge on any atom is -0.459 e. The van der Waals surface area contributed by atoms with Crippen LogP contribution in [0.1, 0.15) is 20.8 Å². The Kier molecular flexibility index (Phi) is 10.5. The molecular weight excluding hydrogens is 438 g/mol. The number of carbonyl (C=O) groups excluding carboxylic acids is 4. The molecule has 1 unspecified atom stereocenters. The van der Waals surface area contributed by atoms with Crippen molar-refractivity contribution in [2.24, 2.45) is 0 Å². The van der Waals surface area contributed by atoms with Crippen molar-refractivity contribution in [3.05, 3.63) is 12.2 Å². The maximum atomic E-state index is 12.5. The summed E-state index contributed by atoms with van der Waals surface area (Å²) in [5, 5.41) is 0. The number of nitrogens with zero attached hydrogens (tertiary/aromatic N) is 1. The normalized spacial score (nSPS) is 24.7. The lowest BCUT2D eigenvalue weighted by molar-refractivity contribution is -0.878. The highest BCUT2D eigenvalue weighted by Gasteiger charge is 2.52. The van der Waals surface area contributed by atoms with E-state index >= 15 is 0 Å². The molecule has 1 aliphatic heterocycles. The first-order valence-electron chi connectivity index (χ1n) is 10.1. The van der Waals surface area contributed by atoms with E-state index in [4.69, 9.17) is 34.8 Å². The Balaban J connectivity index is 3.08. The quantitative estimate of drug-likeness (QED) is 0.141. The molecule has 1 rings (SSSR count). The zero-order valence-corrected chi connectivity index (χ0v) is 19.8. The zero-order valence-electron chi connectivity index (χ0n) is 19.8. The average molecular weight is 470 g/mol. The van der Waals surface area contributed by atoms with E-state index in [1.54, 1.807) is 0 Å². The second-order valence-corrected chi connectivity index (χ2v) is 8.16. The van der Waals surface area contributed by atoms with Crippen LogP contribution in [0.3, 0.4) is 0 Å². The summed E-state index contributed by atoms with van der Waals surface area (Å²) in [4.78, 5) is 47.5. The molecule has 5 atom stereocenters. The van der Waals surface area contributed by atoms with Gasteiger partial charge in [-0.2, -0.15) is 0 Å². The molecule has 0 aromatic carbocycles. The summed E-state index contributed by atoms with van der Waals surface area (Å²) in [5.41, 5.74) is 0.174. The number of likely N-dealkylation sites (N-methyl/N-ethyl adjacent to an activating group) is 1. The number of rotatable bonds is 10. The molecule has 0 aliphatic carbocycles. The first kappa shape index (κ1) is 28.1. The smallest absolute Gasteiger partial charge is 0.339 e. The molecule has 0 aromatic heterocycles. The fourth-order valence-electron chi connectivity index (χ4n) is 3.32. The van der Waals surface area contributed by atoms with Crippen LogP contribution >= 0.6 is 0 Å². The van der Waals surface area contributed by atoms with Crippen molar-refractivity contribution >= 4 is 23.9 Å². The van der Waals surface area contributed by atoms with E-state index < -0.39 is 54.6 Å². The van der Waals surface area contributed by atoms with Crippen molar-refractivity contribution in [1.82, 2.24) is 0 Å². The van der Waals surface area contributed by atoms with Crippen LogP contribution in [-0.4, -0.2) is 100.0 Å². The van der Waals surface area contributed by atoms with Gasteiger partial charge in [0, 0.05) is 27.9 Å².